The van der Waals surface area contributed by atoms with E-state index in [9.17, 15) is 27.2 Å². The molecule has 1 aromatic heterocycles. The number of benzene rings is 2. The fourth-order valence-corrected chi connectivity index (χ4v) is 5.08. The molecule has 0 atom stereocenters. The number of nitrogens with one attached hydrogen (secondary N) is 1. The molecular formula is C28H30F4N4O2S. The van der Waals surface area contributed by atoms with Gasteiger partial charge < -0.3 is 20.0 Å². The average Bonchev–Trinajstić information content (AvgIpc) is 3.61. The molecule has 1 aliphatic heterocycles. The largest absolute Gasteiger partial charge is 0.416 e. The van der Waals surface area contributed by atoms with Gasteiger partial charge in [0.25, 0.3) is 0 Å². The van der Waals surface area contributed by atoms with Crippen LogP contribution in [0.4, 0.5) is 28.0 Å². The van der Waals surface area contributed by atoms with Crippen LogP contribution in [0.5, 0.6) is 0 Å². The van der Waals surface area contributed by atoms with Crippen LogP contribution in [0, 0.1) is 5.82 Å². The number of nitrogens with zero attached hydrogens (tertiary/aromatic N) is 3. The molecule has 0 bridgehead atoms. The Morgan fingerprint density at radius 1 is 0.923 bits per heavy atom. The molecule has 0 saturated carbocycles. The number of hydrogen-bond acceptors (Lipinski definition) is 4. The van der Waals surface area contributed by atoms with Crippen LogP contribution in [0.3, 0.4) is 0 Å². The molecule has 1 saturated heterocycles. The molecule has 1 N–H and O–H groups in total. The summed E-state index contributed by atoms with van der Waals surface area (Å²) < 4.78 is 52.2. The summed E-state index contributed by atoms with van der Waals surface area (Å²) >= 11 is 1.50. The standard InChI is InChI=1S/C28H30F4N4O2S/c29-23-9-5-21(6-10-23)18-36(19-25-4-3-17-39-25)26(37)20-35(16-15-34-13-1-2-14-34)27(38)33-24-11-7-22(8-12-24)28(30,31)32/h3-12,17H,1-2,13-16,18-20H2,(H,33,38). The number of likely N-dealkylation sites (tertiary alicyclic amines) is 1. The number of amides is 3. The molecule has 2 heterocycles. The maximum absolute atomic E-state index is 13.6. The van der Waals surface area contributed by atoms with Gasteiger partial charge in [0.1, 0.15) is 12.4 Å². The summed E-state index contributed by atoms with van der Waals surface area (Å²) in [5.41, 5.74) is 0.138. The maximum Gasteiger partial charge on any atom is 0.416 e. The van der Waals surface area contributed by atoms with E-state index in [0.29, 0.717) is 13.1 Å². The third kappa shape index (κ3) is 8.52. The van der Waals surface area contributed by atoms with Gasteiger partial charge in [0.05, 0.1) is 12.1 Å². The molecule has 3 aromatic rings. The molecule has 1 fully saturated rings. The van der Waals surface area contributed by atoms with E-state index in [-0.39, 0.29) is 37.0 Å². The fourth-order valence-electron chi connectivity index (χ4n) is 4.36. The monoisotopic (exact) mass is 562 g/mol. The Balaban J connectivity index is 1.48. The van der Waals surface area contributed by atoms with E-state index < -0.39 is 17.8 Å². The molecule has 11 heteroatoms. The third-order valence-electron chi connectivity index (χ3n) is 6.53. The van der Waals surface area contributed by atoms with Gasteiger partial charge in [0, 0.05) is 30.2 Å². The molecule has 0 radical (unpaired) electrons. The number of halogens is 4. The zero-order chi connectivity index (χ0) is 27.8. The molecular weight excluding hydrogens is 532 g/mol. The highest BCUT2D eigenvalue weighted by atomic mass is 32.1. The van der Waals surface area contributed by atoms with Crippen LogP contribution in [0.25, 0.3) is 0 Å². The van der Waals surface area contributed by atoms with Crippen molar-refractivity contribution in [2.45, 2.75) is 32.1 Å². The molecule has 2 aromatic carbocycles. The van der Waals surface area contributed by atoms with Gasteiger partial charge in [0.2, 0.25) is 5.91 Å². The van der Waals surface area contributed by atoms with Gasteiger partial charge in [-0.3, -0.25) is 4.79 Å². The second-order valence-corrected chi connectivity index (χ2v) is 10.5. The number of hydrogen-bond donors (Lipinski definition) is 1. The second-order valence-electron chi connectivity index (χ2n) is 9.43. The van der Waals surface area contributed by atoms with E-state index in [0.717, 1.165) is 48.5 Å². The SMILES string of the molecule is O=C(CN(CCN1CCCC1)C(=O)Nc1ccc(C(F)(F)F)cc1)N(Cc1ccc(F)cc1)Cc1cccs1. The Morgan fingerprint density at radius 2 is 1.62 bits per heavy atom. The summed E-state index contributed by atoms with van der Waals surface area (Å²) in [7, 11) is 0. The third-order valence-corrected chi connectivity index (χ3v) is 7.39. The minimum Gasteiger partial charge on any atom is -0.332 e. The summed E-state index contributed by atoms with van der Waals surface area (Å²) in [5.74, 6) is -0.667. The topological polar surface area (TPSA) is 55.9 Å². The maximum atomic E-state index is 13.6. The van der Waals surface area contributed by atoms with Crippen molar-refractivity contribution in [3.63, 3.8) is 0 Å². The number of thiophene rings is 1. The van der Waals surface area contributed by atoms with E-state index >= 15 is 0 Å². The summed E-state index contributed by atoms with van der Waals surface area (Å²) in [4.78, 5) is 33.0. The number of urea groups is 1. The highest BCUT2D eigenvalue weighted by Gasteiger charge is 2.30. The number of anilines is 1. The molecule has 6 nitrogen and oxygen atoms in total. The van der Waals surface area contributed by atoms with Crippen molar-refractivity contribution in [3.8, 4) is 0 Å². The van der Waals surface area contributed by atoms with Crippen LogP contribution in [0.15, 0.2) is 66.0 Å². The van der Waals surface area contributed by atoms with Crippen molar-refractivity contribution < 1.29 is 27.2 Å². The van der Waals surface area contributed by atoms with Crippen molar-refractivity contribution in [1.82, 2.24) is 14.7 Å². The minimum absolute atomic E-state index is 0.202. The number of rotatable bonds is 10. The van der Waals surface area contributed by atoms with Crippen LogP contribution < -0.4 is 5.32 Å². The molecule has 0 unspecified atom stereocenters. The Hall–Kier alpha value is -3.44. The van der Waals surface area contributed by atoms with Crippen molar-refractivity contribution in [2.24, 2.45) is 0 Å². The highest BCUT2D eigenvalue weighted by molar-refractivity contribution is 7.09. The Morgan fingerprint density at radius 3 is 2.23 bits per heavy atom. The smallest absolute Gasteiger partial charge is 0.332 e. The van der Waals surface area contributed by atoms with Crippen LogP contribution >= 0.6 is 11.3 Å². The van der Waals surface area contributed by atoms with Crippen LogP contribution in [-0.2, 0) is 24.1 Å². The second kappa shape index (κ2) is 13.1. The van der Waals surface area contributed by atoms with E-state index in [1.165, 1.54) is 40.5 Å². The predicted octanol–water partition coefficient (Wildman–Crippen LogP) is 6.06. The van der Waals surface area contributed by atoms with Crippen LogP contribution in [0.1, 0.15) is 28.8 Å². The average molecular weight is 563 g/mol. The number of carbonyl (C=O) groups is 2. The van der Waals surface area contributed by atoms with Crippen molar-refractivity contribution in [1.29, 1.82) is 0 Å². The lowest BCUT2D eigenvalue weighted by atomic mass is 10.2. The van der Waals surface area contributed by atoms with E-state index in [4.69, 9.17) is 0 Å². The Labute approximate surface area is 228 Å². The minimum atomic E-state index is -4.48. The van der Waals surface area contributed by atoms with Gasteiger partial charge in [-0.15, -0.1) is 11.3 Å². The zero-order valence-electron chi connectivity index (χ0n) is 21.3. The molecule has 0 spiro atoms. The van der Waals surface area contributed by atoms with Gasteiger partial charge in [0.15, 0.2) is 0 Å². The zero-order valence-corrected chi connectivity index (χ0v) is 22.1. The molecule has 1 aliphatic rings. The summed E-state index contributed by atoms with van der Waals surface area (Å²) in [6.45, 7) is 3.03. The predicted molar refractivity (Wildman–Crippen MR) is 143 cm³/mol. The van der Waals surface area contributed by atoms with Gasteiger partial charge >= 0.3 is 12.2 Å². The fraction of sp³-hybridized carbons (Fsp3) is 0.357. The van der Waals surface area contributed by atoms with Gasteiger partial charge in [-0.25, -0.2) is 9.18 Å². The molecule has 39 heavy (non-hydrogen) atoms. The van der Waals surface area contributed by atoms with Gasteiger partial charge in [-0.1, -0.05) is 18.2 Å². The van der Waals surface area contributed by atoms with Gasteiger partial charge in [-0.05, 0) is 79.3 Å². The first-order valence-electron chi connectivity index (χ1n) is 12.7. The van der Waals surface area contributed by atoms with Crippen molar-refractivity contribution >= 4 is 29.0 Å². The lowest BCUT2D eigenvalue weighted by Crippen LogP contribution is -2.46. The van der Waals surface area contributed by atoms with Crippen molar-refractivity contribution in [2.75, 3.05) is 38.0 Å². The number of alkyl halides is 3. The summed E-state index contributed by atoms with van der Waals surface area (Å²) in [6, 6.07) is 13.3. The van der Waals surface area contributed by atoms with E-state index in [1.807, 2.05) is 17.5 Å². The van der Waals surface area contributed by atoms with E-state index in [2.05, 4.69) is 10.2 Å². The molecule has 0 aliphatic carbocycles. The Kier molecular flexibility index (Phi) is 9.58. The van der Waals surface area contributed by atoms with Crippen molar-refractivity contribution in [3.05, 3.63) is 87.9 Å². The molecule has 4 rings (SSSR count). The first-order valence-corrected chi connectivity index (χ1v) is 13.6. The first-order chi connectivity index (χ1) is 18.7. The summed E-state index contributed by atoms with van der Waals surface area (Å²) in [5, 5.41) is 4.55. The highest BCUT2D eigenvalue weighted by Crippen LogP contribution is 2.30. The van der Waals surface area contributed by atoms with Gasteiger partial charge in [-0.2, -0.15) is 13.2 Å². The van der Waals surface area contributed by atoms with Crippen LogP contribution in [-0.4, -0.2) is 59.4 Å². The lowest BCUT2D eigenvalue weighted by molar-refractivity contribution is -0.137. The Bertz CT molecular complexity index is 1210. The lowest BCUT2D eigenvalue weighted by Gasteiger charge is -2.29. The van der Waals surface area contributed by atoms with Crippen LogP contribution in [0.2, 0.25) is 0 Å². The first kappa shape index (κ1) is 28.6. The summed E-state index contributed by atoms with van der Waals surface area (Å²) in [6.07, 6.45) is -2.33. The normalized spacial score (nSPS) is 13.8. The molecule has 208 valence electrons. The van der Waals surface area contributed by atoms with E-state index in [1.54, 1.807) is 17.0 Å². The number of carbonyl (C=O) groups excluding carboxylic acids is 2. The molecule has 3 amide bonds. The quantitative estimate of drug-likeness (QED) is 0.306.